The van der Waals surface area contributed by atoms with E-state index in [4.69, 9.17) is 9.84 Å². The molecule has 0 bridgehead atoms. The lowest BCUT2D eigenvalue weighted by atomic mass is 9.79. The minimum Gasteiger partial charge on any atom is -0.480 e. The van der Waals surface area contributed by atoms with Crippen LogP contribution >= 0.6 is 0 Å². The quantitative estimate of drug-likeness (QED) is 0.514. The molecule has 0 heterocycles. The normalized spacial score (nSPS) is 16.9. The van der Waals surface area contributed by atoms with Crippen LogP contribution in [0, 0.1) is 5.92 Å². The van der Waals surface area contributed by atoms with E-state index >= 15 is 0 Å². The number of nitrogens with one attached hydrogen (secondary N) is 2. The summed E-state index contributed by atoms with van der Waals surface area (Å²) in [5.74, 6) is -3.29. The van der Waals surface area contributed by atoms with Crippen molar-refractivity contribution in [1.29, 1.82) is 0 Å². The lowest BCUT2D eigenvalue weighted by Gasteiger charge is -2.33. The number of carboxylic acids is 1. The molecule has 0 aromatic heterocycles. The average Bonchev–Trinajstić information content (AvgIpc) is 3.08. The summed E-state index contributed by atoms with van der Waals surface area (Å²) in [7, 11) is 0. The first-order valence-corrected chi connectivity index (χ1v) is 11.4. The number of amides is 2. The number of rotatable bonds is 8. The Balaban J connectivity index is 1.42. The van der Waals surface area contributed by atoms with Gasteiger partial charge in [0.2, 0.25) is 5.91 Å². The lowest BCUT2D eigenvalue weighted by Crippen LogP contribution is -2.56. The molecule has 10 heteroatoms. The molecule has 1 saturated carbocycles. The first kappa shape index (κ1) is 24.6. The van der Waals surface area contributed by atoms with Crippen LogP contribution in [0.3, 0.4) is 0 Å². The number of carboxylic acid groups (broad SMARTS) is 1. The van der Waals surface area contributed by atoms with Crippen LogP contribution in [0.15, 0.2) is 48.5 Å². The summed E-state index contributed by atoms with van der Waals surface area (Å²) in [6.07, 6.45) is -5.41. The van der Waals surface area contributed by atoms with Crippen LogP contribution in [0.25, 0.3) is 11.1 Å². The predicted octanol–water partition coefficient (Wildman–Crippen LogP) is 4.22. The number of ether oxygens (including phenoxy) is 1. The van der Waals surface area contributed by atoms with Crippen molar-refractivity contribution < 1.29 is 37.4 Å². The van der Waals surface area contributed by atoms with Gasteiger partial charge in [0, 0.05) is 5.92 Å². The van der Waals surface area contributed by atoms with Crippen molar-refractivity contribution in [2.75, 3.05) is 6.61 Å². The first-order valence-electron chi connectivity index (χ1n) is 11.4. The van der Waals surface area contributed by atoms with E-state index in [1.807, 2.05) is 53.8 Å². The van der Waals surface area contributed by atoms with Crippen molar-refractivity contribution >= 4 is 18.0 Å². The lowest BCUT2D eigenvalue weighted by molar-refractivity contribution is -0.160. The summed E-state index contributed by atoms with van der Waals surface area (Å²) in [6, 6.07) is 12.2. The third-order valence-corrected chi connectivity index (χ3v) is 6.57. The Morgan fingerprint density at radius 3 is 2.03 bits per heavy atom. The molecule has 7 nitrogen and oxygen atoms in total. The Bertz CT molecular complexity index is 1070. The molecular formula is C25H25F3N2O5. The summed E-state index contributed by atoms with van der Waals surface area (Å²) < 4.78 is 43.6. The largest absolute Gasteiger partial charge is 0.480 e. The smallest absolute Gasteiger partial charge is 0.407 e. The molecule has 2 atom stereocenters. The van der Waals surface area contributed by atoms with E-state index in [2.05, 4.69) is 5.32 Å². The summed E-state index contributed by atoms with van der Waals surface area (Å²) >= 11 is 0. The molecule has 35 heavy (non-hydrogen) atoms. The summed E-state index contributed by atoms with van der Waals surface area (Å²) in [6.45, 7) is 0.00465. The van der Waals surface area contributed by atoms with Gasteiger partial charge in [0.15, 0.2) is 0 Å². The van der Waals surface area contributed by atoms with E-state index in [9.17, 15) is 27.6 Å². The summed E-state index contributed by atoms with van der Waals surface area (Å²) in [4.78, 5) is 36.5. The van der Waals surface area contributed by atoms with Gasteiger partial charge in [-0.25, -0.2) is 9.59 Å². The molecular weight excluding hydrogens is 465 g/mol. The van der Waals surface area contributed by atoms with Crippen LogP contribution in [0.2, 0.25) is 0 Å². The molecule has 2 unspecified atom stereocenters. The molecule has 2 aliphatic rings. The number of halogens is 3. The number of hydrogen-bond donors (Lipinski definition) is 3. The zero-order valence-corrected chi connectivity index (χ0v) is 18.7. The number of carbonyl (C=O) groups is 3. The third-order valence-electron chi connectivity index (χ3n) is 6.57. The van der Waals surface area contributed by atoms with Crippen LogP contribution in [0.1, 0.15) is 42.7 Å². The van der Waals surface area contributed by atoms with Crippen LogP contribution in [-0.4, -0.2) is 47.9 Å². The fourth-order valence-corrected chi connectivity index (χ4v) is 4.63. The molecule has 0 radical (unpaired) electrons. The highest BCUT2D eigenvalue weighted by Gasteiger charge is 2.40. The number of alkyl halides is 3. The Morgan fingerprint density at radius 2 is 1.54 bits per heavy atom. The average molecular weight is 490 g/mol. The van der Waals surface area contributed by atoms with Gasteiger partial charge in [-0.15, -0.1) is 0 Å². The Morgan fingerprint density at radius 1 is 0.971 bits per heavy atom. The maximum absolute atomic E-state index is 12.7. The third kappa shape index (κ3) is 5.58. The highest BCUT2D eigenvalue weighted by molar-refractivity contribution is 5.89. The van der Waals surface area contributed by atoms with E-state index < -0.39 is 42.7 Å². The molecule has 4 rings (SSSR count). The van der Waals surface area contributed by atoms with E-state index in [1.54, 1.807) is 0 Å². The van der Waals surface area contributed by atoms with Gasteiger partial charge in [0.25, 0.3) is 0 Å². The zero-order valence-electron chi connectivity index (χ0n) is 18.7. The standard InChI is InChI=1S/C25H25F3N2O5/c26-25(27,28)12-20(23(32)33)29-22(31)21(14-6-5-7-14)30-24(34)35-13-19-17-10-3-1-8-15(17)16-9-2-4-11-18(16)19/h1-4,8-11,14,19-21H,5-7,12-13H2,(H,29,31)(H,30,34)(H,32,33). The second-order valence-corrected chi connectivity index (χ2v) is 8.86. The van der Waals surface area contributed by atoms with Gasteiger partial charge in [0.05, 0.1) is 6.42 Å². The van der Waals surface area contributed by atoms with Crippen LogP contribution in [-0.2, 0) is 14.3 Å². The number of carbonyl (C=O) groups excluding carboxylic acids is 2. The highest BCUT2D eigenvalue weighted by atomic mass is 19.4. The highest BCUT2D eigenvalue weighted by Crippen LogP contribution is 2.44. The van der Waals surface area contributed by atoms with Crippen molar-refractivity contribution in [1.82, 2.24) is 10.6 Å². The van der Waals surface area contributed by atoms with Crippen molar-refractivity contribution in [3.05, 3.63) is 59.7 Å². The molecule has 2 aromatic rings. The minimum absolute atomic E-state index is 0.00465. The van der Waals surface area contributed by atoms with Crippen LogP contribution in [0.5, 0.6) is 0 Å². The van der Waals surface area contributed by atoms with Gasteiger partial charge in [-0.1, -0.05) is 55.0 Å². The summed E-state index contributed by atoms with van der Waals surface area (Å²) in [5, 5.41) is 13.5. The van der Waals surface area contributed by atoms with Crippen LogP contribution in [0.4, 0.5) is 18.0 Å². The molecule has 0 aliphatic heterocycles. The van der Waals surface area contributed by atoms with Crippen molar-refractivity contribution in [3.8, 4) is 11.1 Å². The molecule has 0 spiro atoms. The van der Waals surface area contributed by atoms with Gasteiger partial charge < -0.3 is 20.5 Å². The summed E-state index contributed by atoms with van der Waals surface area (Å²) in [5.41, 5.74) is 4.11. The molecule has 2 aromatic carbocycles. The topological polar surface area (TPSA) is 105 Å². The Hall–Kier alpha value is -3.56. The van der Waals surface area contributed by atoms with Gasteiger partial charge >= 0.3 is 18.2 Å². The van der Waals surface area contributed by atoms with Crippen LogP contribution < -0.4 is 10.6 Å². The molecule has 186 valence electrons. The Kier molecular flexibility index (Phi) is 7.00. The molecule has 2 amide bonds. The number of aliphatic carboxylic acids is 1. The van der Waals surface area contributed by atoms with Gasteiger partial charge in [-0.05, 0) is 41.0 Å². The maximum Gasteiger partial charge on any atom is 0.407 e. The van der Waals surface area contributed by atoms with E-state index in [-0.39, 0.29) is 18.4 Å². The second kappa shape index (κ2) is 9.97. The molecule has 0 saturated heterocycles. The number of alkyl carbamates (subject to hydrolysis) is 1. The van der Waals surface area contributed by atoms with Crippen molar-refractivity contribution in [3.63, 3.8) is 0 Å². The monoisotopic (exact) mass is 490 g/mol. The van der Waals surface area contributed by atoms with Crippen molar-refractivity contribution in [2.45, 2.75) is 49.9 Å². The van der Waals surface area contributed by atoms with E-state index in [0.29, 0.717) is 12.8 Å². The first-order chi connectivity index (χ1) is 16.6. The fraction of sp³-hybridized carbons (Fsp3) is 0.400. The minimum atomic E-state index is -4.78. The molecule has 3 N–H and O–H groups in total. The number of benzene rings is 2. The Labute approximate surface area is 199 Å². The van der Waals surface area contributed by atoms with Gasteiger partial charge in [0.1, 0.15) is 18.7 Å². The molecule has 1 fully saturated rings. The SMILES string of the molecule is O=C(NC(C(=O)NC(CC(F)(F)F)C(=O)O)C1CCC1)OCC1c2ccccc2-c2ccccc21. The van der Waals surface area contributed by atoms with Gasteiger partial charge in [-0.2, -0.15) is 13.2 Å². The number of hydrogen-bond acceptors (Lipinski definition) is 4. The van der Waals surface area contributed by atoms with E-state index in [0.717, 1.165) is 28.7 Å². The fourth-order valence-electron chi connectivity index (χ4n) is 4.63. The van der Waals surface area contributed by atoms with Crippen molar-refractivity contribution in [2.24, 2.45) is 5.92 Å². The number of fused-ring (bicyclic) bond motifs is 3. The van der Waals surface area contributed by atoms with E-state index in [1.165, 1.54) is 0 Å². The zero-order chi connectivity index (χ0) is 25.2. The predicted molar refractivity (Wildman–Crippen MR) is 120 cm³/mol. The van der Waals surface area contributed by atoms with Gasteiger partial charge in [-0.3, -0.25) is 4.79 Å². The second-order valence-electron chi connectivity index (χ2n) is 8.86. The maximum atomic E-state index is 12.7. The molecule has 2 aliphatic carbocycles.